The van der Waals surface area contributed by atoms with Gasteiger partial charge in [-0.1, -0.05) is 54.2 Å². The molecular formula is C24H21N3O2S. The zero-order chi connectivity index (χ0) is 20.5. The lowest BCUT2D eigenvalue weighted by Crippen LogP contribution is -2.40. The first-order valence-electron chi connectivity index (χ1n) is 10.0. The van der Waals surface area contributed by atoms with Gasteiger partial charge in [-0.3, -0.25) is 4.79 Å². The molecule has 6 heteroatoms. The molecule has 1 atom stereocenters. The molecule has 2 aromatic heterocycles. The summed E-state index contributed by atoms with van der Waals surface area (Å²) in [5.41, 5.74) is 3.42. The summed E-state index contributed by atoms with van der Waals surface area (Å²) >= 11 is 1.48. The fourth-order valence-corrected chi connectivity index (χ4v) is 4.84. The maximum absolute atomic E-state index is 13.2. The van der Waals surface area contributed by atoms with Gasteiger partial charge >= 0.3 is 0 Å². The minimum absolute atomic E-state index is 0.136. The molecule has 150 valence electrons. The molecule has 0 aliphatic carbocycles. The number of nitrogens with zero attached hydrogens (tertiary/aromatic N) is 3. The van der Waals surface area contributed by atoms with E-state index >= 15 is 0 Å². The van der Waals surface area contributed by atoms with Crippen LogP contribution in [0.1, 0.15) is 18.1 Å². The topological polar surface area (TPSA) is 59.2 Å². The normalized spacial score (nSPS) is 14.5. The van der Waals surface area contributed by atoms with Gasteiger partial charge in [-0.15, -0.1) is 0 Å². The number of carbonyl (C=O) groups excluding carboxylic acids is 1. The molecule has 5 nitrogen and oxygen atoms in total. The van der Waals surface area contributed by atoms with Gasteiger partial charge in [0.25, 0.3) is 0 Å². The van der Waals surface area contributed by atoms with E-state index in [1.807, 2.05) is 54.3 Å². The third kappa shape index (κ3) is 3.59. The number of aromatic nitrogens is 2. The minimum Gasteiger partial charge on any atom is -0.461 e. The average molecular weight is 416 g/mol. The first-order valence-corrected chi connectivity index (χ1v) is 10.9. The minimum atomic E-state index is -0.252. The van der Waals surface area contributed by atoms with Crippen molar-refractivity contribution in [3.63, 3.8) is 0 Å². The van der Waals surface area contributed by atoms with Crippen molar-refractivity contribution in [1.82, 2.24) is 14.9 Å². The highest BCUT2D eigenvalue weighted by atomic mass is 32.2. The summed E-state index contributed by atoms with van der Waals surface area (Å²) in [6, 6.07) is 19.9. The predicted octanol–water partition coefficient (Wildman–Crippen LogP) is 4.96. The van der Waals surface area contributed by atoms with Gasteiger partial charge in [0.2, 0.25) is 5.91 Å². The average Bonchev–Trinajstić information content (AvgIpc) is 3.33. The van der Waals surface area contributed by atoms with Gasteiger partial charge in [0.05, 0.1) is 17.0 Å². The van der Waals surface area contributed by atoms with Crippen LogP contribution in [-0.2, 0) is 17.8 Å². The van der Waals surface area contributed by atoms with Gasteiger partial charge in [-0.05, 0) is 42.7 Å². The van der Waals surface area contributed by atoms with Crippen LogP contribution >= 0.6 is 11.8 Å². The van der Waals surface area contributed by atoms with Gasteiger partial charge < -0.3 is 9.32 Å². The van der Waals surface area contributed by atoms with E-state index in [2.05, 4.69) is 23.2 Å². The second-order valence-electron chi connectivity index (χ2n) is 7.39. The van der Waals surface area contributed by atoms with Crippen LogP contribution in [0.2, 0.25) is 0 Å². The van der Waals surface area contributed by atoms with Crippen molar-refractivity contribution >= 4 is 28.6 Å². The molecule has 0 bridgehead atoms. The number of fused-ring (bicyclic) bond motifs is 2. The van der Waals surface area contributed by atoms with E-state index in [1.165, 1.54) is 22.9 Å². The molecule has 4 aromatic rings. The third-order valence-corrected chi connectivity index (χ3v) is 6.48. The van der Waals surface area contributed by atoms with Crippen molar-refractivity contribution in [3.05, 3.63) is 78.1 Å². The van der Waals surface area contributed by atoms with E-state index in [0.29, 0.717) is 18.1 Å². The molecule has 30 heavy (non-hydrogen) atoms. The number of thioether (sulfide) groups is 1. The highest BCUT2D eigenvalue weighted by molar-refractivity contribution is 8.00. The highest BCUT2D eigenvalue weighted by Crippen LogP contribution is 2.32. The van der Waals surface area contributed by atoms with E-state index in [1.54, 1.807) is 6.26 Å². The first kappa shape index (κ1) is 18.9. The zero-order valence-electron chi connectivity index (χ0n) is 16.6. The van der Waals surface area contributed by atoms with Crippen molar-refractivity contribution in [2.24, 2.45) is 0 Å². The molecule has 1 unspecified atom stereocenters. The van der Waals surface area contributed by atoms with Crippen LogP contribution in [0, 0.1) is 0 Å². The fraction of sp³-hybridized carbons (Fsp3) is 0.208. The largest absolute Gasteiger partial charge is 0.461 e. The Morgan fingerprint density at radius 3 is 2.67 bits per heavy atom. The van der Waals surface area contributed by atoms with E-state index in [-0.39, 0.29) is 11.2 Å². The standard InChI is InChI=1S/C24H21N3O2S/c1-16(24(28)27-13-12-17-7-2-3-8-18(17)15-27)30-23-19-9-4-5-10-20(19)25-22(26-23)21-11-6-14-29-21/h2-11,14,16H,12-13,15H2,1H3. The monoisotopic (exact) mass is 415 g/mol. The van der Waals surface area contributed by atoms with Crippen molar-refractivity contribution in [2.75, 3.05) is 6.54 Å². The maximum atomic E-state index is 13.2. The lowest BCUT2D eigenvalue weighted by atomic mass is 10.00. The Balaban J connectivity index is 1.42. The Hall–Kier alpha value is -3.12. The number of rotatable bonds is 4. The molecule has 5 rings (SSSR count). The number of hydrogen-bond donors (Lipinski definition) is 0. The molecular weight excluding hydrogens is 394 g/mol. The molecule has 0 N–H and O–H groups in total. The van der Waals surface area contributed by atoms with Gasteiger partial charge in [0, 0.05) is 18.5 Å². The van der Waals surface area contributed by atoms with E-state index in [0.717, 1.165) is 28.9 Å². The van der Waals surface area contributed by atoms with Crippen molar-refractivity contribution < 1.29 is 9.21 Å². The van der Waals surface area contributed by atoms with E-state index in [4.69, 9.17) is 9.40 Å². The number of furan rings is 1. The Labute approximate surface area is 179 Å². The third-order valence-electron chi connectivity index (χ3n) is 5.39. The van der Waals surface area contributed by atoms with Crippen molar-refractivity contribution in [3.8, 4) is 11.6 Å². The summed E-state index contributed by atoms with van der Waals surface area (Å²) < 4.78 is 5.49. The Bertz CT molecular complexity index is 1210. The zero-order valence-corrected chi connectivity index (χ0v) is 17.4. The summed E-state index contributed by atoms with van der Waals surface area (Å²) in [5, 5.41) is 1.49. The summed E-state index contributed by atoms with van der Waals surface area (Å²) in [6.45, 7) is 3.38. The van der Waals surface area contributed by atoms with Gasteiger partial charge in [-0.25, -0.2) is 9.97 Å². The molecule has 0 fully saturated rings. The van der Waals surface area contributed by atoms with Crippen LogP contribution < -0.4 is 0 Å². The number of hydrogen-bond acceptors (Lipinski definition) is 5. The first-order chi connectivity index (χ1) is 14.7. The number of amides is 1. The van der Waals surface area contributed by atoms with Crippen molar-refractivity contribution in [1.29, 1.82) is 0 Å². The van der Waals surface area contributed by atoms with Gasteiger partial charge in [0.15, 0.2) is 11.6 Å². The number of carbonyl (C=O) groups is 1. The Kier molecular flexibility index (Phi) is 5.01. The molecule has 3 heterocycles. The van der Waals surface area contributed by atoms with Gasteiger partial charge in [-0.2, -0.15) is 0 Å². The lowest BCUT2D eigenvalue weighted by Gasteiger charge is -2.30. The van der Waals surface area contributed by atoms with Crippen LogP contribution in [0.3, 0.4) is 0 Å². The van der Waals surface area contributed by atoms with Crippen LogP contribution in [0.25, 0.3) is 22.5 Å². The predicted molar refractivity (Wildman–Crippen MR) is 118 cm³/mol. The summed E-state index contributed by atoms with van der Waals surface area (Å²) in [6.07, 6.45) is 2.51. The fourth-order valence-electron chi connectivity index (χ4n) is 3.81. The maximum Gasteiger partial charge on any atom is 0.236 e. The number of benzene rings is 2. The van der Waals surface area contributed by atoms with Crippen molar-refractivity contribution in [2.45, 2.75) is 30.2 Å². The molecule has 0 saturated carbocycles. The summed E-state index contributed by atoms with van der Waals surface area (Å²) in [4.78, 5) is 24.5. The number of para-hydroxylation sites is 1. The second-order valence-corrected chi connectivity index (χ2v) is 8.71. The molecule has 1 aliphatic rings. The summed E-state index contributed by atoms with van der Waals surface area (Å²) in [5.74, 6) is 1.29. The van der Waals surface area contributed by atoms with Crippen LogP contribution in [0.4, 0.5) is 0 Å². The quantitative estimate of drug-likeness (QED) is 0.348. The SMILES string of the molecule is CC(Sc1nc(-c2ccco2)nc2ccccc12)C(=O)N1CCc2ccccc2C1. The molecule has 2 aromatic carbocycles. The molecule has 1 amide bonds. The van der Waals surface area contributed by atoms with E-state index in [9.17, 15) is 4.79 Å². The molecule has 0 radical (unpaired) electrons. The lowest BCUT2D eigenvalue weighted by molar-refractivity contribution is -0.131. The smallest absolute Gasteiger partial charge is 0.236 e. The molecule has 0 saturated heterocycles. The second kappa shape index (κ2) is 7.95. The van der Waals surface area contributed by atoms with Crippen LogP contribution in [0.5, 0.6) is 0 Å². The van der Waals surface area contributed by atoms with Gasteiger partial charge in [0.1, 0.15) is 5.03 Å². The Morgan fingerprint density at radius 2 is 1.83 bits per heavy atom. The van der Waals surface area contributed by atoms with Crippen LogP contribution in [0.15, 0.2) is 76.4 Å². The highest BCUT2D eigenvalue weighted by Gasteiger charge is 2.26. The summed E-state index contributed by atoms with van der Waals surface area (Å²) in [7, 11) is 0. The molecule has 1 aliphatic heterocycles. The molecule has 0 spiro atoms. The van der Waals surface area contributed by atoms with Crippen LogP contribution in [-0.4, -0.2) is 32.6 Å². The Morgan fingerprint density at radius 1 is 1.03 bits per heavy atom. The van der Waals surface area contributed by atoms with E-state index < -0.39 is 0 Å².